The van der Waals surface area contributed by atoms with Crippen LogP contribution in [0.4, 0.5) is 4.79 Å². The summed E-state index contributed by atoms with van der Waals surface area (Å²) in [6, 6.07) is 3.07. The maximum atomic E-state index is 13.0. The van der Waals surface area contributed by atoms with Crippen molar-refractivity contribution in [1.82, 2.24) is 20.5 Å². The fraction of sp³-hybridized carbons (Fsp3) is 0.600. The summed E-state index contributed by atoms with van der Waals surface area (Å²) in [6.07, 6.45) is 5.89. The van der Waals surface area contributed by atoms with Crippen LogP contribution in [0.5, 0.6) is 5.88 Å². The summed E-state index contributed by atoms with van der Waals surface area (Å²) in [7, 11) is 0. The Morgan fingerprint density at radius 1 is 1.31 bits per heavy atom. The Morgan fingerprint density at radius 3 is 2.69 bits per heavy atom. The normalized spacial score (nSPS) is 27.6. The van der Waals surface area contributed by atoms with Gasteiger partial charge in [-0.15, -0.1) is 0 Å². The van der Waals surface area contributed by atoms with Gasteiger partial charge in [0.2, 0.25) is 5.88 Å². The molecule has 1 aromatic heterocycles. The number of nitrogens with one attached hydrogen (secondary N) is 2. The molecule has 4 rings (SSSR count). The highest BCUT2D eigenvalue weighted by atomic mass is 16.6. The number of nitrogens with zero attached hydrogens (tertiary/aromatic N) is 2. The van der Waals surface area contributed by atoms with E-state index in [4.69, 9.17) is 15.2 Å². The molecule has 35 heavy (non-hydrogen) atoms. The third kappa shape index (κ3) is 5.52. The SMILES string of the molecule is C=C1NC(CCCNC(=O)OC(C)(C)C)C(=O)N1C1CC2(CC(Oc3ncccc3C(N)=O)C2)C1. The second-order valence-corrected chi connectivity index (χ2v) is 10.9. The molecule has 0 bridgehead atoms. The third-order valence-corrected chi connectivity index (χ3v) is 6.84. The van der Waals surface area contributed by atoms with Gasteiger partial charge in [-0.1, -0.05) is 6.58 Å². The first-order chi connectivity index (χ1) is 16.5. The predicted molar refractivity (Wildman–Crippen MR) is 128 cm³/mol. The zero-order valence-corrected chi connectivity index (χ0v) is 20.6. The van der Waals surface area contributed by atoms with Crippen molar-refractivity contribution in [3.05, 3.63) is 36.3 Å². The molecular weight excluding hydrogens is 450 g/mol. The van der Waals surface area contributed by atoms with Crippen LogP contribution in [-0.4, -0.2) is 58.1 Å². The maximum Gasteiger partial charge on any atom is 0.407 e. The van der Waals surface area contributed by atoms with Crippen LogP contribution in [0.2, 0.25) is 0 Å². The molecule has 3 amide bonds. The van der Waals surface area contributed by atoms with Gasteiger partial charge < -0.3 is 25.8 Å². The highest BCUT2D eigenvalue weighted by molar-refractivity contribution is 5.94. The lowest BCUT2D eigenvalue weighted by atomic mass is 9.52. The lowest BCUT2D eigenvalue weighted by Gasteiger charge is -2.58. The molecule has 190 valence electrons. The van der Waals surface area contributed by atoms with Gasteiger partial charge in [0, 0.05) is 18.8 Å². The Morgan fingerprint density at radius 2 is 2.03 bits per heavy atom. The summed E-state index contributed by atoms with van der Waals surface area (Å²) in [5.74, 6) is 0.414. The van der Waals surface area contributed by atoms with E-state index in [2.05, 4.69) is 22.2 Å². The summed E-state index contributed by atoms with van der Waals surface area (Å²) < 4.78 is 11.2. The quantitative estimate of drug-likeness (QED) is 0.481. The van der Waals surface area contributed by atoms with Gasteiger partial charge >= 0.3 is 6.09 Å². The van der Waals surface area contributed by atoms with Crippen molar-refractivity contribution in [2.75, 3.05) is 6.54 Å². The summed E-state index contributed by atoms with van der Waals surface area (Å²) >= 11 is 0. The van der Waals surface area contributed by atoms with E-state index < -0.39 is 17.6 Å². The Hall–Kier alpha value is -3.30. The first-order valence-electron chi connectivity index (χ1n) is 12.1. The fourth-order valence-electron chi connectivity index (χ4n) is 5.32. The minimum absolute atomic E-state index is 0.00946. The van der Waals surface area contributed by atoms with Crippen LogP contribution in [-0.2, 0) is 9.53 Å². The zero-order chi connectivity index (χ0) is 25.4. The molecule has 3 fully saturated rings. The molecule has 1 aromatic rings. The van der Waals surface area contributed by atoms with Crippen molar-refractivity contribution in [1.29, 1.82) is 0 Å². The summed E-state index contributed by atoms with van der Waals surface area (Å²) in [6.45, 7) is 9.94. The standard InChI is InChI=1S/C25H35N5O5/c1-15-29-19(8-6-10-28-23(33)35-24(2,3)4)22(32)30(15)16-11-25(12-16)13-17(14-25)34-21-18(20(26)31)7-5-9-27-21/h5,7,9,16-17,19,29H,1,6,8,10-14H2,2-4H3,(H2,26,31)(H,28,33). The molecular formula is C25H35N5O5. The molecule has 10 heteroatoms. The van der Waals surface area contributed by atoms with Crippen LogP contribution in [0, 0.1) is 5.41 Å². The highest BCUT2D eigenvalue weighted by Crippen LogP contribution is 2.58. The van der Waals surface area contributed by atoms with E-state index in [1.165, 1.54) is 0 Å². The summed E-state index contributed by atoms with van der Waals surface area (Å²) in [5, 5.41) is 5.94. The topological polar surface area (TPSA) is 136 Å². The molecule has 2 saturated carbocycles. The molecule has 1 unspecified atom stereocenters. The van der Waals surface area contributed by atoms with Crippen molar-refractivity contribution < 1.29 is 23.9 Å². The number of hydrogen-bond donors (Lipinski definition) is 3. The number of ether oxygens (including phenoxy) is 2. The second-order valence-electron chi connectivity index (χ2n) is 10.9. The first-order valence-corrected chi connectivity index (χ1v) is 12.1. The van der Waals surface area contributed by atoms with E-state index in [1.54, 1.807) is 23.2 Å². The molecule has 1 atom stereocenters. The average molecular weight is 486 g/mol. The van der Waals surface area contributed by atoms with Gasteiger partial charge in [-0.2, -0.15) is 0 Å². The Bertz CT molecular complexity index is 1010. The Labute approximate surface area is 205 Å². The van der Waals surface area contributed by atoms with Crippen LogP contribution < -0.4 is 21.1 Å². The summed E-state index contributed by atoms with van der Waals surface area (Å²) in [4.78, 5) is 42.3. The smallest absolute Gasteiger partial charge is 0.407 e. The lowest BCUT2D eigenvalue weighted by Crippen LogP contribution is -2.59. The number of pyridine rings is 1. The first kappa shape index (κ1) is 24.8. The number of carbonyl (C=O) groups excluding carboxylic acids is 3. The van der Waals surface area contributed by atoms with E-state index in [9.17, 15) is 14.4 Å². The van der Waals surface area contributed by atoms with Gasteiger partial charge in [-0.05, 0) is 76.8 Å². The zero-order valence-electron chi connectivity index (χ0n) is 20.6. The lowest BCUT2D eigenvalue weighted by molar-refractivity contribution is -0.142. The fourth-order valence-corrected chi connectivity index (χ4v) is 5.32. The monoisotopic (exact) mass is 485 g/mol. The molecule has 3 aliphatic rings. The molecule has 10 nitrogen and oxygen atoms in total. The van der Waals surface area contributed by atoms with Gasteiger partial charge in [0.25, 0.3) is 11.8 Å². The number of hydrogen-bond acceptors (Lipinski definition) is 7. The molecule has 0 radical (unpaired) electrons. The number of alkyl carbamates (subject to hydrolysis) is 1. The average Bonchev–Trinajstić information content (AvgIpc) is 2.98. The van der Waals surface area contributed by atoms with Gasteiger partial charge in [0.1, 0.15) is 29.1 Å². The van der Waals surface area contributed by atoms with E-state index in [0.717, 1.165) is 25.7 Å². The number of primary amides is 1. The number of amides is 3. The van der Waals surface area contributed by atoms with Gasteiger partial charge in [-0.3, -0.25) is 14.5 Å². The Balaban J connectivity index is 1.19. The predicted octanol–water partition coefficient (Wildman–Crippen LogP) is 2.45. The van der Waals surface area contributed by atoms with Crippen LogP contribution in [0.15, 0.2) is 30.7 Å². The minimum atomic E-state index is -0.556. The molecule has 4 N–H and O–H groups in total. The highest BCUT2D eigenvalue weighted by Gasteiger charge is 2.57. The maximum absolute atomic E-state index is 13.0. The van der Waals surface area contributed by atoms with Gasteiger partial charge in [0.15, 0.2) is 0 Å². The molecule has 2 aliphatic carbocycles. The van der Waals surface area contributed by atoms with E-state index in [1.807, 2.05) is 20.8 Å². The molecule has 0 aromatic carbocycles. The number of aromatic nitrogens is 1. The molecule has 1 aliphatic heterocycles. The van der Waals surface area contributed by atoms with Crippen LogP contribution in [0.25, 0.3) is 0 Å². The summed E-state index contributed by atoms with van der Waals surface area (Å²) in [5.41, 5.74) is 5.31. The Kier molecular flexibility index (Phi) is 6.66. The van der Waals surface area contributed by atoms with E-state index in [0.29, 0.717) is 25.2 Å². The number of nitrogens with two attached hydrogens (primary N) is 1. The van der Waals surface area contributed by atoms with E-state index >= 15 is 0 Å². The van der Waals surface area contributed by atoms with Crippen LogP contribution in [0.1, 0.15) is 69.7 Å². The van der Waals surface area contributed by atoms with Crippen molar-refractivity contribution in [2.45, 2.75) is 83.1 Å². The van der Waals surface area contributed by atoms with Crippen molar-refractivity contribution in [2.24, 2.45) is 11.1 Å². The molecule has 1 saturated heterocycles. The van der Waals surface area contributed by atoms with Crippen LogP contribution >= 0.6 is 0 Å². The molecule has 2 heterocycles. The minimum Gasteiger partial charge on any atom is -0.474 e. The third-order valence-electron chi connectivity index (χ3n) is 6.84. The van der Waals surface area contributed by atoms with Crippen LogP contribution in [0.3, 0.4) is 0 Å². The molecule has 1 spiro atoms. The van der Waals surface area contributed by atoms with E-state index in [-0.39, 0.29) is 41.0 Å². The van der Waals surface area contributed by atoms with Crippen molar-refractivity contribution in [3.8, 4) is 5.88 Å². The van der Waals surface area contributed by atoms with Gasteiger partial charge in [0.05, 0.1) is 0 Å². The second kappa shape index (κ2) is 9.39. The number of carbonyl (C=O) groups is 3. The van der Waals surface area contributed by atoms with Crippen molar-refractivity contribution >= 4 is 17.9 Å². The largest absolute Gasteiger partial charge is 0.474 e. The van der Waals surface area contributed by atoms with Crippen molar-refractivity contribution in [3.63, 3.8) is 0 Å². The number of rotatable bonds is 8. The van der Waals surface area contributed by atoms with Gasteiger partial charge in [-0.25, -0.2) is 9.78 Å².